The van der Waals surface area contributed by atoms with Crippen molar-refractivity contribution in [3.8, 4) is 0 Å². The average molecular weight is 483 g/mol. The monoisotopic (exact) mass is 482 g/mol. The molecule has 2 atom stereocenters. The second kappa shape index (κ2) is 9.92. The summed E-state index contributed by atoms with van der Waals surface area (Å²) in [7, 11) is -3.68. The molecule has 0 spiro atoms. The first-order valence-corrected chi connectivity index (χ1v) is 13.4. The Balaban J connectivity index is 1.40. The normalized spacial score (nSPS) is 18.1. The summed E-state index contributed by atoms with van der Waals surface area (Å²) in [4.78, 5) is 0. The SMILES string of the molecule is O=S(=O)(CC1CCCCO1)N(Cc1ccco1)CC(O)Cn1c2ccccc2c2ccccc21. The Hall–Kier alpha value is -2.65. The lowest BCUT2D eigenvalue weighted by Gasteiger charge is -2.28. The van der Waals surface area contributed by atoms with Gasteiger partial charge in [0.05, 0.1) is 37.3 Å². The van der Waals surface area contributed by atoms with Crippen molar-refractivity contribution in [2.45, 2.75) is 44.6 Å². The van der Waals surface area contributed by atoms with Crippen LogP contribution in [0.25, 0.3) is 21.8 Å². The summed E-state index contributed by atoms with van der Waals surface area (Å²) < 4.78 is 41.3. The molecule has 5 rings (SSSR count). The number of furan rings is 1. The maximum atomic E-state index is 13.4. The third-order valence-corrected chi connectivity index (χ3v) is 8.32. The topological polar surface area (TPSA) is 84.9 Å². The maximum absolute atomic E-state index is 13.4. The van der Waals surface area contributed by atoms with Gasteiger partial charge in [0.1, 0.15) is 5.76 Å². The van der Waals surface area contributed by atoms with E-state index >= 15 is 0 Å². The number of nitrogens with zero attached hydrogens (tertiary/aromatic N) is 2. The highest BCUT2D eigenvalue weighted by Gasteiger charge is 2.30. The van der Waals surface area contributed by atoms with Gasteiger partial charge in [0.2, 0.25) is 10.0 Å². The minimum Gasteiger partial charge on any atom is -0.468 e. The molecule has 1 N–H and O–H groups in total. The molecular formula is C26H30N2O5S. The van der Waals surface area contributed by atoms with Crippen LogP contribution in [0.1, 0.15) is 25.0 Å². The lowest BCUT2D eigenvalue weighted by molar-refractivity contribution is 0.0294. The minimum atomic E-state index is -3.68. The van der Waals surface area contributed by atoms with E-state index in [0.29, 0.717) is 12.4 Å². The largest absolute Gasteiger partial charge is 0.468 e. The number of aliphatic hydroxyl groups excluding tert-OH is 1. The van der Waals surface area contributed by atoms with Crippen molar-refractivity contribution in [1.29, 1.82) is 0 Å². The highest BCUT2D eigenvalue weighted by molar-refractivity contribution is 7.89. The lowest BCUT2D eigenvalue weighted by Crippen LogP contribution is -2.42. The predicted molar refractivity (Wildman–Crippen MR) is 132 cm³/mol. The fourth-order valence-corrected chi connectivity index (χ4v) is 6.50. The van der Waals surface area contributed by atoms with Crippen LogP contribution in [0.2, 0.25) is 0 Å². The first-order chi connectivity index (χ1) is 16.5. The van der Waals surface area contributed by atoms with Gasteiger partial charge < -0.3 is 18.8 Å². The molecule has 180 valence electrons. The van der Waals surface area contributed by atoms with Crippen LogP contribution in [0.3, 0.4) is 0 Å². The van der Waals surface area contributed by atoms with Crippen LogP contribution in [0, 0.1) is 0 Å². The van der Waals surface area contributed by atoms with E-state index in [2.05, 4.69) is 16.7 Å². The Labute approximate surface area is 199 Å². The van der Waals surface area contributed by atoms with Crippen LogP contribution >= 0.6 is 0 Å². The molecule has 0 aliphatic carbocycles. The summed E-state index contributed by atoms with van der Waals surface area (Å²) in [6, 6.07) is 19.6. The number of para-hydroxylation sites is 2. The van der Waals surface area contributed by atoms with Crippen molar-refractivity contribution in [3.05, 3.63) is 72.7 Å². The van der Waals surface area contributed by atoms with Crippen molar-refractivity contribution < 1.29 is 22.7 Å². The van der Waals surface area contributed by atoms with E-state index in [0.717, 1.165) is 41.1 Å². The number of rotatable bonds is 9. The van der Waals surface area contributed by atoms with E-state index in [1.54, 1.807) is 12.1 Å². The standard InChI is InChI=1S/C26H30N2O5S/c29-20(17-28-25-12-3-1-10-23(25)24-11-2-4-13-26(24)28)16-27(18-21-9-7-15-32-21)34(30,31)19-22-8-5-6-14-33-22/h1-4,7,9-13,15,20,22,29H,5-6,8,14,16-19H2. The van der Waals surface area contributed by atoms with Gasteiger partial charge >= 0.3 is 0 Å². The second-order valence-electron chi connectivity index (χ2n) is 8.94. The molecule has 2 aromatic carbocycles. The third kappa shape index (κ3) is 4.90. The first-order valence-electron chi connectivity index (χ1n) is 11.8. The number of hydrogen-bond donors (Lipinski definition) is 1. The van der Waals surface area contributed by atoms with Gasteiger partial charge in [-0.25, -0.2) is 8.42 Å². The Morgan fingerprint density at radius 3 is 2.32 bits per heavy atom. The molecule has 1 aliphatic rings. The quantitative estimate of drug-likeness (QED) is 0.387. The van der Waals surface area contributed by atoms with Gasteiger partial charge in [-0.2, -0.15) is 4.31 Å². The van der Waals surface area contributed by atoms with Crippen LogP contribution < -0.4 is 0 Å². The van der Waals surface area contributed by atoms with E-state index in [9.17, 15) is 13.5 Å². The number of benzene rings is 2. The van der Waals surface area contributed by atoms with Crippen LogP contribution in [-0.2, 0) is 27.8 Å². The molecule has 1 saturated heterocycles. The molecule has 8 heteroatoms. The van der Waals surface area contributed by atoms with Gasteiger partial charge in [-0.1, -0.05) is 36.4 Å². The fourth-order valence-electron chi connectivity index (χ4n) is 4.84. The van der Waals surface area contributed by atoms with Crippen molar-refractivity contribution in [3.63, 3.8) is 0 Å². The zero-order chi connectivity index (χ0) is 23.5. The zero-order valence-electron chi connectivity index (χ0n) is 19.0. The van der Waals surface area contributed by atoms with Gasteiger partial charge in [0.15, 0.2) is 0 Å². The molecule has 34 heavy (non-hydrogen) atoms. The number of aromatic nitrogens is 1. The summed E-state index contributed by atoms with van der Waals surface area (Å²) >= 11 is 0. The van der Waals surface area contributed by atoms with Crippen LogP contribution in [0.4, 0.5) is 0 Å². The van der Waals surface area contributed by atoms with Gasteiger partial charge in [0, 0.05) is 35.0 Å². The molecule has 0 amide bonds. The molecule has 4 aromatic rings. The molecule has 0 radical (unpaired) electrons. The van der Waals surface area contributed by atoms with E-state index in [-0.39, 0.29) is 31.5 Å². The molecule has 7 nitrogen and oxygen atoms in total. The van der Waals surface area contributed by atoms with E-state index in [1.165, 1.54) is 10.6 Å². The highest BCUT2D eigenvalue weighted by atomic mass is 32.2. The van der Waals surface area contributed by atoms with Crippen molar-refractivity contribution in [1.82, 2.24) is 8.87 Å². The summed E-state index contributed by atoms with van der Waals surface area (Å²) in [5, 5.41) is 13.3. The van der Waals surface area contributed by atoms with Crippen LogP contribution in [0.15, 0.2) is 71.3 Å². The summed E-state index contributed by atoms with van der Waals surface area (Å²) in [5.41, 5.74) is 2.03. The zero-order valence-corrected chi connectivity index (χ0v) is 19.9. The molecule has 1 aliphatic heterocycles. The van der Waals surface area contributed by atoms with E-state index < -0.39 is 16.1 Å². The minimum absolute atomic E-state index is 0.0312. The Bertz CT molecular complexity index is 1290. The van der Waals surface area contributed by atoms with Crippen LogP contribution in [0.5, 0.6) is 0 Å². The molecular weight excluding hydrogens is 452 g/mol. The molecule has 0 saturated carbocycles. The highest BCUT2D eigenvalue weighted by Crippen LogP contribution is 2.29. The van der Waals surface area contributed by atoms with Crippen molar-refractivity contribution >= 4 is 31.8 Å². The first kappa shape index (κ1) is 23.1. The van der Waals surface area contributed by atoms with Crippen LogP contribution in [-0.4, -0.2) is 53.5 Å². The molecule has 0 bridgehead atoms. The Kier molecular flexibility index (Phi) is 6.74. The molecule has 3 heterocycles. The Morgan fingerprint density at radius 1 is 1.00 bits per heavy atom. The van der Waals surface area contributed by atoms with E-state index in [1.807, 2.05) is 36.4 Å². The molecule has 2 unspecified atom stereocenters. The average Bonchev–Trinajstić information content (AvgIpc) is 3.46. The summed E-state index contributed by atoms with van der Waals surface area (Å²) in [5.74, 6) is 0.452. The Morgan fingerprint density at radius 2 is 1.71 bits per heavy atom. The van der Waals surface area contributed by atoms with Crippen molar-refractivity contribution in [2.24, 2.45) is 0 Å². The molecule has 2 aromatic heterocycles. The second-order valence-corrected chi connectivity index (χ2v) is 11.0. The number of fused-ring (bicyclic) bond motifs is 3. The number of sulfonamides is 1. The fraction of sp³-hybridized carbons (Fsp3) is 0.385. The van der Waals surface area contributed by atoms with Gasteiger partial charge in [0.25, 0.3) is 0 Å². The van der Waals surface area contributed by atoms with Gasteiger partial charge in [-0.15, -0.1) is 0 Å². The smallest absolute Gasteiger partial charge is 0.217 e. The van der Waals surface area contributed by atoms with Gasteiger partial charge in [-0.3, -0.25) is 0 Å². The van der Waals surface area contributed by atoms with Crippen molar-refractivity contribution in [2.75, 3.05) is 18.9 Å². The summed E-state index contributed by atoms with van der Waals surface area (Å²) in [6.07, 6.45) is 2.97. The van der Waals surface area contributed by atoms with Gasteiger partial charge in [-0.05, 0) is 43.5 Å². The lowest BCUT2D eigenvalue weighted by atomic mass is 10.1. The van der Waals surface area contributed by atoms with E-state index in [4.69, 9.17) is 9.15 Å². The number of ether oxygens (including phenoxy) is 1. The third-order valence-electron chi connectivity index (χ3n) is 6.46. The maximum Gasteiger partial charge on any atom is 0.217 e. The predicted octanol–water partition coefficient (Wildman–Crippen LogP) is 4.15. The molecule has 1 fully saturated rings. The number of hydrogen-bond acceptors (Lipinski definition) is 5. The number of aliphatic hydroxyl groups is 1. The summed E-state index contributed by atoms with van der Waals surface area (Å²) in [6.45, 7) is 0.912.